The summed E-state index contributed by atoms with van der Waals surface area (Å²) in [6.45, 7) is 0. The maximum absolute atomic E-state index is 3.62. The normalized spacial score (nSPS) is 18.8. The lowest BCUT2D eigenvalue weighted by molar-refractivity contribution is 0.635. The summed E-state index contributed by atoms with van der Waals surface area (Å²) in [5.41, 5.74) is 1.50. The predicted molar refractivity (Wildman–Crippen MR) is 63.4 cm³/mol. The van der Waals surface area contributed by atoms with E-state index >= 15 is 0 Å². The van der Waals surface area contributed by atoms with E-state index < -0.39 is 0 Å². The molecule has 1 aliphatic heterocycles. The molecule has 0 aromatic heterocycles. The van der Waals surface area contributed by atoms with Crippen molar-refractivity contribution in [2.75, 3.05) is 11.5 Å². The lowest BCUT2D eigenvalue weighted by atomic mass is 9.94. The van der Waals surface area contributed by atoms with Crippen molar-refractivity contribution < 1.29 is 0 Å². The number of benzene rings is 1. The van der Waals surface area contributed by atoms with Crippen molar-refractivity contribution in [3.8, 4) is 0 Å². The summed E-state index contributed by atoms with van der Waals surface area (Å²) < 4.78 is 1.28. The molecule has 2 heteroatoms. The van der Waals surface area contributed by atoms with Gasteiger partial charge in [-0.3, -0.25) is 0 Å². The highest BCUT2D eigenvalue weighted by Crippen LogP contribution is 2.34. The fourth-order valence-electron chi connectivity index (χ4n) is 1.81. The van der Waals surface area contributed by atoms with Crippen molar-refractivity contribution in [3.05, 3.63) is 34.3 Å². The van der Waals surface area contributed by atoms with Crippen LogP contribution in [0.3, 0.4) is 0 Å². The van der Waals surface area contributed by atoms with Crippen LogP contribution < -0.4 is 0 Å². The summed E-state index contributed by atoms with van der Waals surface area (Å²) in [4.78, 5) is 0. The summed E-state index contributed by atoms with van der Waals surface area (Å²) in [6.07, 6.45) is 2.68. The monoisotopic (exact) mass is 256 g/mol. The van der Waals surface area contributed by atoms with E-state index in [1.54, 1.807) is 0 Å². The van der Waals surface area contributed by atoms with E-state index in [4.69, 9.17) is 0 Å². The zero-order chi connectivity index (χ0) is 9.10. The van der Waals surface area contributed by atoms with Crippen LogP contribution in [-0.2, 0) is 0 Å². The molecular formula is C11H13BrS. The molecule has 0 nitrogen and oxygen atoms in total. The van der Waals surface area contributed by atoms with E-state index in [0.29, 0.717) is 0 Å². The van der Waals surface area contributed by atoms with E-state index in [1.165, 1.54) is 34.4 Å². The maximum atomic E-state index is 3.62. The number of hydrogen-bond donors (Lipinski definition) is 0. The molecule has 1 aromatic rings. The number of rotatable bonds is 1. The SMILES string of the molecule is Brc1ccccc1C1CCSCC1. The topological polar surface area (TPSA) is 0 Å². The smallest absolute Gasteiger partial charge is 0.0210 e. The first-order valence-electron chi connectivity index (χ1n) is 4.70. The predicted octanol–water partition coefficient (Wildman–Crippen LogP) is 4.06. The Morgan fingerprint density at radius 3 is 2.54 bits per heavy atom. The van der Waals surface area contributed by atoms with Crippen molar-refractivity contribution >= 4 is 27.7 Å². The third-order valence-electron chi connectivity index (χ3n) is 2.57. The fraction of sp³-hybridized carbons (Fsp3) is 0.455. The molecule has 70 valence electrons. The lowest BCUT2D eigenvalue weighted by Crippen LogP contribution is -2.08. The van der Waals surface area contributed by atoms with Crippen LogP contribution in [0.15, 0.2) is 28.7 Å². The van der Waals surface area contributed by atoms with Crippen molar-refractivity contribution in [1.29, 1.82) is 0 Å². The Bertz CT molecular complexity index is 279. The van der Waals surface area contributed by atoms with Gasteiger partial charge in [-0.25, -0.2) is 0 Å². The maximum Gasteiger partial charge on any atom is 0.0210 e. The molecule has 1 saturated heterocycles. The third-order valence-corrected chi connectivity index (χ3v) is 4.34. The van der Waals surface area contributed by atoms with E-state index in [1.807, 2.05) is 0 Å². The van der Waals surface area contributed by atoms with Gasteiger partial charge in [-0.05, 0) is 41.9 Å². The van der Waals surface area contributed by atoms with Gasteiger partial charge >= 0.3 is 0 Å². The minimum absolute atomic E-state index is 0.789. The van der Waals surface area contributed by atoms with Crippen LogP contribution in [0.4, 0.5) is 0 Å². The highest BCUT2D eigenvalue weighted by Gasteiger charge is 2.17. The molecule has 0 radical (unpaired) electrons. The van der Waals surface area contributed by atoms with Crippen molar-refractivity contribution in [2.45, 2.75) is 18.8 Å². The summed E-state index contributed by atoms with van der Waals surface area (Å²) in [7, 11) is 0. The minimum atomic E-state index is 0.789. The van der Waals surface area contributed by atoms with Crippen LogP contribution in [0.1, 0.15) is 24.3 Å². The van der Waals surface area contributed by atoms with Gasteiger partial charge in [-0.1, -0.05) is 34.1 Å². The summed E-state index contributed by atoms with van der Waals surface area (Å²) in [5, 5.41) is 0. The highest BCUT2D eigenvalue weighted by atomic mass is 79.9. The summed E-state index contributed by atoms with van der Waals surface area (Å²) in [6, 6.07) is 8.63. The van der Waals surface area contributed by atoms with E-state index in [-0.39, 0.29) is 0 Å². The zero-order valence-electron chi connectivity index (χ0n) is 7.50. The molecule has 1 aromatic carbocycles. The first-order valence-corrected chi connectivity index (χ1v) is 6.65. The quantitative estimate of drug-likeness (QED) is 0.731. The van der Waals surface area contributed by atoms with Crippen molar-refractivity contribution in [2.24, 2.45) is 0 Å². The van der Waals surface area contributed by atoms with Gasteiger partial charge in [-0.15, -0.1) is 0 Å². The first-order chi connectivity index (χ1) is 6.38. The minimum Gasteiger partial charge on any atom is -0.162 e. The molecule has 1 aliphatic rings. The van der Waals surface area contributed by atoms with Crippen LogP contribution in [0, 0.1) is 0 Å². The van der Waals surface area contributed by atoms with Crippen LogP contribution in [0.25, 0.3) is 0 Å². The Kier molecular flexibility index (Phi) is 3.33. The van der Waals surface area contributed by atoms with Crippen LogP contribution in [-0.4, -0.2) is 11.5 Å². The second kappa shape index (κ2) is 4.52. The zero-order valence-corrected chi connectivity index (χ0v) is 9.90. The Morgan fingerprint density at radius 1 is 1.15 bits per heavy atom. The third kappa shape index (κ3) is 2.29. The molecule has 0 atom stereocenters. The van der Waals surface area contributed by atoms with Gasteiger partial charge in [0, 0.05) is 4.47 Å². The Hall–Kier alpha value is 0.0500. The molecule has 0 aliphatic carbocycles. The summed E-state index contributed by atoms with van der Waals surface area (Å²) >= 11 is 5.71. The average molecular weight is 257 g/mol. The van der Waals surface area contributed by atoms with Gasteiger partial charge in [0.15, 0.2) is 0 Å². The molecule has 1 fully saturated rings. The fourth-order valence-corrected chi connectivity index (χ4v) is 3.53. The molecule has 0 spiro atoms. The second-order valence-electron chi connectivity index (χ2n) is 3.41. The van der Waals surface area contributed by atoms with E-state index in [2.05, 4.69) is 52.0 Å². The molecule has 0 bridgehead atoms. The molecular weight excluding hydrogens is 244 g/mol. The Labute approximate surface area is 92.2 Å². The van der Waals surface area contributed by atoms with E-state index in [0.717, 1.165) is 5.92 Å². The van der Waals surface area contributed by atoms with Gasteiger partial charge in [0.1, 0.15) is 0 Å². The largest absolute Gasteiger partial charge is 0.162 e. The number of thioether (sulfide) groups is 1. The highest BCUT2D eigenvalue weighted by molar-refractivity contribution is 9.10. The molecule has 0 unspecified atom stereocenters. The molecule has 0 amide bonds. The van der Waals surface area contributed by atoms with Crippen LogP contribution in [0.5, 0.6) is 0 Å². The van der Waals surface area contributed by atoms with Crippen molar-refractivity contribution in [3.63, 3.8) is 0 Å². The van der Waals surface area contributed by atoms with Gasteiger partial charge in [0.25, 0.3) is 0 Å². The molecule has 0 saturated carbocycles. The van der Waals surface area contributed by atoms with Gasteiger partial charge in [0.05, 0.1) is 0 Å². The summed E-state index contributed by atoms with van der Waals surface area (Å²) in [5.74, 6) is 3.44. The first kappa shape index (κ1) is 9.60. The van der Waals surface area contributed by atoms with Crippen LogP contribution in [0.2, 0.25) is 0 Å². The average Bonchev–Trinajstić information content (AvgIpc) is 2.20. The second-order valence-corrected chi connectivity index (χ2v) is 5.49. The Balaban J connectivity index is 2.18. The van der Waals surface area contributed by atoms with E-state index in [9.17, 15) is 0 Å². The van der Waals surface area contributed by atoms with Gasteiger partial charge in [-0.2, -0.15) is 11.8 Å². The van der Waals surface area contributed by atoms with Crippen molar-refractivity contribution in [1.82, 2.24) is 0 Å². The van der Waals surface area contributed by atoms with Gasteiger partial charge < -0.3 is 0 Å². The molecule has 13 heavy (non-hydrogen) atoms. The molecule has 0 N–H and O–H groups in total. The number of halogens is 1. The standard InChI is InChI=1S/C11H13BrS/c12-11-4-2-1-3-10(11)9-5-7-13-8-6-9/h1-4,9H,5-8H2. The Morgan fingerprint density at radius 2 is 1.85 bits per heavy atom. The molecule has 1 heterocycles. The lowest BCUT2D eigenvalue weighted by Gasteiger charge is -2.22. The number of hydrogen-bond acceptors (Lipinski definition) is 1. The molecule has 2 rings (SSSR count). The van der Waals surface area contributed by atoms with Crippen LogP contribution >= 0.6 is 27.7 Å². The van der Waals surface area contributed by atoms with Gasteiger partial charge in [0.2, 0.25) is 0 Å².